The smallest absolute Gasteiger partial charge is 0.307 e. The van der Waals surface area contributed by atoms with Gasteiger partial charge < -0.3 is 19.7 Å². The Labute approximate surface area is 145 Å². The van der Waals surface area contributed by atoms with Gasteiger partial charge in [-0.15, -0.1) is 0 Å². The van der Waals surface area contributed by atoms with Crippen LogP contribution in [0.5, 0.6) is 0 Å². The second-order valence-corrected chi connectivity index (χ2v) is 7.88. The van der Waals surface area contributed by atoms with Crippen LogP contribution in [-0.4, -0.2) is 62.3 Å². The molecule has 0 aromatic rings. The van der Waals surface area contributed by atoms with Crippen LogP contribution in [-0.2, 0) is 19.1 Å². The Bertz CT molecular complexity index is 450. The Balaban J connectivity index is 1.57. The van der Waals surface area contributed by atoms with Crippen molar-refractivity contribution in [2.45, 2.75) is 52.1 Å². The highest BCUT2D eigenvalue weighted by molar-refractivity contribution is 5.80. The number of amides is 1. The average Bonchev–Trinajstić information content (AvgIpc) is 2.44. The molecule has 1 saturated carbocycles. The molecule has 1 saturated heterocycles. The number of ether oxygens (including phenoxy) is 2. The van der Waals surface area contributed by atoms with E-state index in [1.54, 1.807) is 14.0 Å². The number of carbonyl (C=O) groups is 2. The SMILES string of the molecule is CCOC(=O)CCNC(=O)C1CC2(C1)CN(CCC(C)(C)OC)C2. The molecule has 0 radical (unpaired) electrons. The minimum absolute atomic E-state index is 0.0658. The molecule has 1 heterocycles. The van der Waals surface area contributed by atoms with Crippen LogP contribution in [0.25, 0.3) is 0 Å². The lowest BCUT2D eigenvalue weighted by Crippen LogP contribution is -2.64. The van der Waals surface area contributed by atoms with E-state index in [2.05, 4.69) is 24.1 Å². The summed E-state index contributed by atoms with van der Waals surface area (Å²) < 4.78 is 10.3. The third-order valence-corrected chi connectivity index (χ3v) is 5.36. The molecule has 0 bridgehead atoms. The Hall–Kier alpha value is -1.14. The van der Waals surface area contributed by atoms with Crippen LogP contribution in [0.15, 0.2) is 0 Å². The van der Waals surface area contributed by atoms with Gasteiger partial charge in [0.1, 0.15) is 0 Å². The van der Waals surface area contributed by atoms with Crippen molar-refractivity contribution in [1.82, 2.24) is 10.2 Å². The molecule has 2 aliphatic rings. The second kappa shape index (κ2) is 7.83. The van der Waals surface area contributed by atoms with Gasteiger partial charge >= 0.3 is 5.97 Å². The highest BCUT2D eigenvalue weighted by atomic mass is 16.5. The quantitative estimate of drug-likeness (QED) is 0.646. The minimum atomic E-state index is -0.253. The summed E-state index contributed by atoms with van der Waals surface area (Å²) in [5.74, 6) is -0.0508. The van der Waals surface area contributed by atoms with Gasteiger partial charge in [-0.3, -0.25) is 9.59 Å². The number of nitrogens with one attached hydrogen (secondary N) is 1. The highest BCUT2D eigenvalue weighted by Crippen LogP contribution is 2.51. The number of nitrogens with zero attached hydrogens (tertiary/aromatic N) is 1. The van der Waals surface area contributed by atoms with Crippen molar-refractivity contribution in [3.05, 3.63) is 0 Å². The molecule has 6 heteroatoms. The van der Waals surface area contributed by atoms with Gasteiger partial charge in [-0.2, -0.15) is 0 Å². The van der Waals surface area contributed by atoms with E-state index in [0.29, 0.717) is 18.6 Å². The molecule has 0 aromatic carbocycles. The fourth-order valence-electron chi connectivity index (χ4n) is 3.68. The number of carbonyl (C=O) groups excluding carboxylic acids is 2. The van der Waals surface area contributed by atoms with E-state index in [-0.39, 0.29) is 29.8 Å². The van der Waals surface area contributed by atoms with E-state index in [4.69, 9.17) is 9.47 Å². The summed E-state index contributed by atoms with van der Waals surface area (Å²) in [6.07, 6.45) is 3.22. The van der Waals surface area contributed by atoms with E-state index < -0.39 is 0 Å². The van der Waals surface area contributed by atoms with Crippen molar-refractivity contribution < 1.29 is 19.1 Å². The molecule has 24 heavy (non-hydrogen) atoms. The lowest BCUT2D eigenvalue weighted by Gasteiger charge is -2.59. The van der Waals surface area contributed by atoms with Crippen molar-refractivity contribution in [2.75, 3.05) is 39.9 Å². The molecule has 1 spiro atoms. The number of rotatable bonds is 9. The molecule has 1 aliphatic carbocycles. The summed E-state index contributed by atoms with van der Waals surface area (Å²) in [4.78, 5) is 25.8. The molecular weight excluding hydrogens is 308 g/mol. The average molecular weight is 340 g/mol. The number of methoxy groups -OCH3 is 1. The van der Waals surface area contributed by atoms with Crippen molar-refractivity contribution in [3.63, 3.8) is 0 Å². The maximum absolute atomic E-state index is 12.1. The van der Waals surface area contributed by atoms with Gasteiger partial charge in [0, 0.05) is 39.2 Å². The standard InChI is InChI=1S/C18H32N2O4/c1-5-24-15(21)6-8-19-16(22)14-10-18(11-14)12-20(13-18)9-7-17(2,3)23-4/h14H,5-13H2,1-4H3,(H,19,22). The van der Waals surface area contributed by atoms with Crippen molar-refractivity contribution in [3.8, 4) is 0 Å². The summed E-state index contributed by atoms with van der Waals surface area (Å²) in [6.45, 7) is 10.0. The Morgan fingerprint density at radius 1 is 1.29 bits per heavy atom. The van der Waals surface area contributed by atoms with E-state index >= 15 is 0 Å². The third kappa shape index (κ3) is 4.93. The lowest BCUT2D eigenvalue weighted by molar-refractivity contribution is -0.146. The van der Waals surface area contributed by atoms with Crippen LogP contribution in [0.2, 0.25) is 0 Å². The molecule has 1 aliphatic heterocycles. The van der Waals surface area contributed by atoms with Crippen molar-refractivity contribution in [1.29, 1.82) is 0 Å². The van der Waals surface area contributed by atoms with Gasteiger partial charge in [0.05, 0.1) is 18.6 Å². The van der Waals surface area contributed by atoms with Crippen molar-refractivity contribution in [2.24, 2.45) is 11.3 Å². The van der Waals surface area contributed by atoms with E-state index in [1.165, 1.54) is 0 Å². The third-order valence-electron chi connectivity index (χ3n) is 5.36. The topological polar surface area (TPSA) is 67.9 Å². The van der Waals surface area contributed by atoms with Crippen LogP contribution in [0.1, 0.15) is 46.5 Å². The zero-order valence-electron chi connectivity index (χ0n) is 15.5. The number of hydrogen-bond donors (Lipinski definition) is 1. The summed E-state index contributed by atoms with van der Waals surface area (Å²) in [5, 5.41) is 2.85. The minimum Gasteiger partial charge on any atom is -0.466 e. The maximum atomic E-state index is 12.1. The van der Waals surface area contributed by atoms with Gasteiger partial charge in [-0.1, -0.05) is 0 Å². The van der Waals surface area contributed by atoms with Gasteiger partial charge in [0.15, 0.2) is 0 Å². The van der Waals surface area contributed by atoms with E-state index in [1.807, 2.05) is 0 Å². The Morgan fingerprint density at radius 2 is 1.96 bits per heavy atom. The van der Waals surface area contributed by atoms with Gasteiger partial charge in [-0.05, 0) is 45.4 Å². The first-order chi connectivity index (χ1) is 11.3. The van der Waals surface area contributed by atoms with Crippen LogP contribution in [0.4, 0.5) is 0 Å². The Kier molecular flexibility index (Phi) is 6.26. The first-order valence-corrected chi connectivity index (χ1v) is 9.00. The second-order valence-electron chi connectivity index (χ2n) is 7.88. The van der Waals surface area contributed by atoms with Gasteiger partial charge in [0.2, 0.25) is 5.91 Å². The predicted molar refractivity (Wildman–Crippen MR) is 91.6 cm³/mol. The van der Waals surface area contributed by atoms with Crippen LogP contribution >= 0.6 is 0 Å². The summed E-state index contributed by atoms with van der Waals surface area (Å²) in [5.41, 5.74) is 0.296. The monoisotopic (exact) mass is 340 g/mol. The predicted octanol–water partition coefficient (Wildman–Crippen LogP) is 1.58. The molecule has 138 valence electrons. The first kappa shape index (κ1) is 19.2. The summed E-state index contributed by atoms with van der Waals surface area (Å²) in [6, 6.07) is 0. The normalized spacial score (nSPS) is 20.3. The fraction of sp³-hybridized carbons (Fsp3) is 0.889. The van der Waals surface area contributed by atoms with Crippen molar-refractivity contribution >= 4 is 11.9 Å². The zero-order valence-corrected chi connectivity index (χ0v) is 15.5. The molecule has 1 N–H and O–H groups in total. The lowest BCUT2D eigenvalue weighted by atomic mass is 9.57. The van der Waals surface area contributed by atoms with Crippen LogP contribution < -0.4 is 5.32 Å². The number of hydrogen-bond acceptors (Lipinski definition) is 5. The molecule has 0 atom stereocenters. The van der Waals surface area contributed by atoms with Gasteiger partial charge in [-0.25, -0.2) is 0 Å². The summed E-state index contributed by atoms with van der Waals surface area (Å²) in [7, 11) is 1.76. The molecule has 2 rings (SSSR count). The first-order valence-electron chi connectivity index (χ1n) is 9.00. The van der Waals surface area contributed by atoms with Crippen LogP contribution in [0.3, 0.4) is 0 Å². The van der Waals surface area contributed by atoms with Gasteiger partial charge in [0.25, 0.3) is 0 Å². The molecule has 1 amide bonds. The highest BCUT2D eigenvalue weighted by Gasteiger charge is 2.53. The fourth-order valence-corrected chi connectivity index (χ4v) is 3.68. The summed E-state index contributed by atoms with van der Waals surface area (Å²) >= 11 is 0. The number of esters is 1. The number of likely N-dealkylation sites (tertiary alicyclic amines) is 1. The molecular formula is C18H32N2O4. The molecule has 0 unspecified atom stereocenters. The largest absolute Gasteiger partial charge is 0.466 e. The Morgan fingerprint density at radius 3 is 2.54 bits per heavy atom. The van der Waals surface area contributed by atoms with Crippen LogP contribution in [0, 0.1) is 11.3 Å². The van der Waals surface area contributed by atoms with E-state index in [9.17, 15) is 9.59 Å². The molecule has 6 nitrogen and oxygen atoms in total. The molecule has 2 fully saturated rings. The zero-order chi connectivity index (χ0) is 17.8. The van der Waals surface area contributed by atoms with E-state index in [0.717, 1.165) is 38.9 Å². The molecule has 0 aromatic heterocycles. The maximum Gasteiger partial charge on any atom is 0.307 e.